The zero-order valence-electron chi connectivity index (χ0n) is 12.4. The Hall–Kier alpha value is -2.15. The minimum Gasteiger partial charge on any atom is -0.462 e. The van der Waals surface area contributed by atoms with E-state index < -0.39 is 5.91 Å². The zero-order valence-corrected chi connectivity index (χ0v) is 15.5. The van der Waals surface area contributed by atoms with Crippen molar-refractivity contribution in [1.29, 1.82) is 0 Å². The van der Waals surface area contributed by atoms with Crippen molar-refractivity contribution in [2.75, 3.05) is 0 Å². The molecule has 8 heteroatoms. The number of fused-ring (bicyclic) bond motifs is 1. The summed E-state index contributed by atoms with van der Waals surface area (Å²) in [6.07, 6.45) is 2.43. The fraction of sp³-hybridized carbons (Fsp3) is 0. The highest BCUT2D eigenvalue weighted by Crippen LogP contribution is 2.26. The van der Waals surface area contributed by atoms with Gasteiger partial charge in [-0.3, -0.25) is 9.59 Å². The maximum Gasteiger partial charge on any atom is 0.271 e. The number of halogens is 3. The van der Waals surface area contributed by atoms with Crippen LogP contribution in [0.4, 0.5) is 0 Å². The van der Waals surface area contributed by atoms with Crippen LogP contribution in [-0.2, 0) is 0 Å². The molecule has 0 fully saturated rings. The van der Waals surface area contributed by atoms with Gasteiger partial charge in [0.2, 0.25) is 5.43 Å². The van der Waals surface area contributed by atoms with Crippen LogP contribution in [0, 0.1) is 0 Å². The van der Waals surface area contributed by atoms with Crippen LogP contribution < -0.4 is 10.9 Å². The molecular weight excluding hydrogens is 431 g/mol. The molecule has 0 radical (unpaired) electrons. The van der Waals surface area contributed by atoms with E-state index in [-0.39, 0.29) is 27.0 Å². The lowest BCUT2D eigenvalue weighted by molar-refractivity contribution is 0.0955. The van der Waals surface area contributed by atoms with Gasteiger partial charge in [-0.05, 0) is 30.3 Å². The lowest BCUT2D eigenvalue weighted by Gasteiger charge is -2.02. The van der Waals surface area contributed by atoms with Crippen molar-refractivity contribution in [1.82, 2.24) is 5.43 Å². The minimum absolute atomic E-state index is 0.153. The van der Waals surface area contributed by atoms with E-state index in [4.69, 9.17) is 27.6 Å². The molecular formula is C17H9BrCl2N2O3. The Balaban J connectivity index is 1.85. The largest absolute Gasteiger partial charge is 0.462 e. The van der Waals surface area contributed by atoms with E-state index in [0.29, 0.717) is 10.6 Å². The van der Waals surface area contributed by atoms with Gasteiger partial charge in [0.25, 0.3) is 5.91 Å². The Morgan fingerprint density at radius 2 is 2.04 bits per heavy atom. The molecule has 1 amide bonds. The van der Waals surface area contributed by atoms with Crippen molar-refractivity contribution < 1.29 is 9.21 Å². The van der Waals surface area contributed by atoms with Crippen molar-refractivity contribution in [2.45, 2.75) is 0 Å². The minimum atomic E-state index is -0.409. The smallest absolute Gasteiger partial charge is 0.271 e. The maximum absolute atomic E-state index is 12.4. The lowest BCUT2D eigenvalue weighted by Crippen LogP contribution is -2.18. The number of hydrogen-bond acceptors (Lipinski definition) is 4. The Labute approximate surface area is 160 Å². The number of nitrogens with zero attached hydrogens (tertiary/aromatic N) is 1. The van der Waals surface area contributed by atoms with E-state index >= 15 is 0 Å². The summed E-state index contributed by atoms with van der Waals surface area (Å²) in [6.45, 7) is 0. The molecule has 0 unspecified atom stereocenters. The monoisotopic (exact) mass is 438 g/mol. The summed E-state index contributed by atoms with van der Waals surface area (Å²) in [6, 6.07) is 9.78. The quantitative estimate of drug-likeness (QED) is 0.477. The fourth-order valence-corrected chi connectivity index (χ4v) is 3.06. The van der Waals surface area contributed by atoms with Gasteiger partial charge in [-0.15, -0.1) is 0 Å². The summed E-state index contributed by atoms with van der Waals surface area (Å²) >= 11 is 15.2. The van der Waals surface area contributed by atoms with Crippen LogP contribution in [0.5, 0.6) is 0 Å². The first-order valence-corrected chi connectivity index (χ1v) is 8.50. The number of amides is 1. The first-order chi connectivity index (χ1) is 12.0. The summed E-state index contributed by atoms with van der Waals surface area (Å²) in [5.74, 6) is -0.409. The molecule has 0 aliphatic heterocycles. The second-order valence-electron chi connectivity index (χ2n) is 4.99. The Bertz CT molecular complexity index is 1060. The third kappa shape index (κ3) is 3.92. The number of benzene rings is 2. The number of carbonyl (C=O) groups excluding carboxylic acids is 1. The first-order valence-electron chi connectivity index (χ1n) is 6.95. The fourth-order valence-electron chi connectivity index (χ4n) is 2.12. The predicted molar refractivity (Wildman–Crippen MR) is 102 cm³/mol. The average Bonchev–Trinajstić information content (AvgIpc) is 2.57. The second-order valence-corrected chi connectivity index (χ2v) is 6.75. The van der Waals surface area contributed by atoms with Gasteiger partial charge in [-0.1, -0.05) is 45.2 Å². The topological polar surface area (TPSA) is 71.7 Å². The Kier molecular flexibility index (Phi) is 5.22. The van der Waals surface area contributed by atoms with Gasteiger partial charge in [0.15, 0.2) is 5.58 Å². The number of hydrogen-bond donors (Lipinski definition) is 1. The van der Waals surface area contributed by atoms with Gasteiger partial charge in [0.05, 0.1) is 22.2 Å². The van der Waals surface area contributed by atoms with Gasteiger partial charge in [0.1, 0.15) is 6.26 Å². The van der Waals surface area contributed by atoms with Crippen molar-refractivity contribution in [2.24, 2.45) is 5.10 Å². The molecule has 3 rings (SSSR count). The highest BCUT2D eigenvalue weighted by Gasteiger charge is 2.10. The standard InChI is InChI=1S/C17H9BrCl2N2O3/c18-11-3-1-2-9(4-11)17(24)22-21-7-10-8-25-16-13(15(10)23)5-12(19)6-14(16)20/h1-8H,(H,22,24). The molecule has 0 saturated carbocycles. The number of rotatable bonds is 3. The molecule has 0 saturated heterocycles. The molecule has 5 nitrogen and oxygen atoms in total. The van der Waals surface area contributed by atoms with E-state index in [0.717, 1.165) is 4.47 Å². The molecule has 1 heterocycles. The second kappa shape index (κ2) is 7.39. The third-order valence-electron chi connectivity index (χ3n) is 3.28. The van der Waals surface area contributed by atoms with Crippen LogP contribution >= 0.6 is 39.1 Å². The molecule has 25 heavy (non-hydrogen) atoms. The van der Waals surface area contributed by atoms with E-state index in [1.807, 2.05) is 0 Å². The summed E-state index contributed by atoms with van der Waals surface area (Å²) in [5, 5.41) is 4.59. The van der Waals surface area contributed by atoms with Crippen molar-refractivity contribution >= 4 is 62.2 Å². The van der Waals surface area contributed by atoms with Gasteiger partial charge >= 0.3 is 0 Å². The van der Waals surface area contributed by atoms with Gasteiger partial charge in [-0.25, -0.2) is 5.43 Å². The highest BCUT2D eigenvalue weighted by atomic mass is 79.9. The summed E-state index contributed by atoms with van der Waals surface area (Å²) in [7, 11) is 0. The van der Waals surface area contributed by atoms with E-state index in [1.165, 1.54) is 24.6 Å². The third-order valence-corrected chi connectivity index (χ3v) is 4.27. The van der Waals surface area contributed by atoms with Crippen LogP contribution in [-0.4, -0.2) is 12.1 Å². The van der Waals surface area contributed by atoms with Crippen molar-refractivity contribution in [3.63, 3.8) is 0 Å². The van der Waals surface area contributed by atoms with E-state index in [9.17, 15) is 9.59 Å². The number of hydrazone groups is 1. The van der Waals surface area contributed by atoms with Crippen LogP contribution in [0.25, 0.3) is 11.0 Å². The van der Waals surface area contributed by atoms with Crippen molar-refractivity contribution in [3.05, 3.63) is 78.5 Å². The van der Waals surface area contributed by atoms with Gasteiger partial charge < -0.3 is 4.42 Å². The van der Waals surface area contributed by atoms with Gasteiger partial charge in [-0.2, -0.15) is 5.10 Å². The summed E-state index contributed by atoms with van der Waals surface area (Å²) < 4.78 is 6.14. The molecule has 0 aliphatic rings. The molecule has 0 spiro atoms. The highest BCUT2D eigenvalue weighted by molar-refractivity contribution is 9.10. The summed E-state index contributed by atoms with van der Waals surface area (Å²) in [5.41, 5.74) is 2.82. The number of nitrogens with one attached hydrogen (secondary N) is 1. The molecule has 1 aromatic heterocycles. The molecule has 1 N–H and O–H groups in total. The lowest BCUT2D eigenvalue weighted by atomic mass is 10.2. The predicted octanol–water partition coefficient (Wildman–Crippen LogP) is 4.63. The normalized spacial score (nSPS) is 11.2. The maximum atomic E-state index is 12.4. The SMILES string of the molecule is O=C(NN=Cc1coc2c(Cl)cc(Cl)cc2c1=O)c1cccc(Br)c1. The molecule has 2 aromatic carbocycles. The van der Waals surface area contributed by atoms with Crippen LogP contribution in [0.1, 0.15) is 15.9 Å². The van der Waals surface area contributed by atoms with E-state index in [2.05, 4.69) is 26.5 Å². The molecule has 126 valence electrons. The Morgan fingerprint density at radius 3 is 2.80 bits per heavy atom. The molecule has 3 aromatic rings. The first kappa shape index (κ1) is 17.7. The van der Waals surface area contributed by atoms with Crippen molar-refractivity contribution in [3.8, 4) is 0 Å². The van der Waals surface area contributed by atoms with Gasteiger partial charge in [0, 0.05) is 15.1 Å². The molecule has 0 bridgehead atoms. The zero-order chi connectivity index (χ0) is 18.0. The average molecular weight is 440 g/mol. The van der Waals surface area contributed by atoms with E-state index in [1.54, 1.807) is 24.3 Å². The molecule has 0 atom stereocenters. The number of carbonyl (C=O) groups is 1. The van der Waals surface area contributed by atoms with Crippen LogP contribution in [0.2, 0.25) is 10.0 Å². The van der Waals surface area contributed by atoms with Crippen LogP contribution in [0.3, 0.4) is 0 Å². The molecule has 0 aliphatic carbocycles. The summed E-state index contributed by atoms with van der Waals surface area (Å²) in [4.78, 5) is 24.4. The van der Waals surface area contributed by atoms with Crippen LogP contribution in [0.15, 0.2) is 61.4 Å². The Morgan fingerprint density at radius 1 is 1.24 bits per heavy atom.